The van der Waals surface area contributed by atoms with Gasteiger partial charge < -0.3 is 9.88 Å². The van der Waals surface area contributed by atoms with Crippen LogP contribution in [0.25, 0.3) is 17.1 Å². The van der Waals surface area contributed by atoms with E-state index in [2.05, 4.69) is 64.5 Å². The van der Waals surface area contributed by atoms with E-state index in [-0.39, 0.29) is 0 Å². The predicted octanol–water partition coefficient (Wildman–Crippen LogP) is 4.99. The molecular formula is C24H25N5. The minimum atomic E-state index is 0.738. The van der Waals surface area contributed by atoms with Crippen LogP contribution in [0.2, 0.25) is 0 Å². The Kier molecular flexibility index (Phi) is 4.64. The first-order chi connectivity index (χ1) is 14.3. The number of anilines is 1. The Morgan fingerprint density at radius 1 is 1.03 bits per heavy atom. The molecule has 0 bridgehead atoms. The van der Waals surface area contributed by atoms with Crippen LogP contribution < -0.4 is 5.32 Å². The van der Waals surface area contributed by atoms with Crippen molar-refractivity contribution in [1.82, 2.24) is 19.3 Å². The zero-order chi connectivity index (χ0) is 19.6. The van der Waals surface area contributed by atoms with Crippen molar-refractivity contribution in [2.45, 2.75) is 39.3 Å². The van der Waals surface area contributed by atoms with Crippen LogP contribution in [-0.4, -0.2) is 19.3 Å². The smallest absolute Gasteiger partial charge is 0.140 e. The molecule has 1 N–H and O–H groups in total. The zero-order valence-corrected chi connectivity index (χ0v) is 16.7. The standard InChI is InChI=1S/C24H25N5/c1-18-20(17-29(27-18)22-10-3-2-4-11-22)15-25-21-9-7-8-19(14-21)24-26-16-23-12-5-6-13-28(23)24/h2-4,7-11,14,16-17,25H,5-6,12-13,15H2,1H3. The van der Waals surface area contributed by atoms with E-state index in [1.54, 1.807) is 0 Å². The number of fused-ring (bicyclic) bond motifs is 1. The van der Waals surface area contributed by atoms with Gasteiger partial charge >= 0.3 is 0 Å². The van der Waals surface area contributed by atoms with Gasteiger partial charge in [0.15, 0.2) is 0 Å². The Bertz CT molecular complexity index is 1120. The number of rotatable bonds is 5. The molecule has 0 saturated heterocycles. The minimum Gasteiger partial charge on any atom is -0.381 e. The maximum absolute atomic E-state index is 4.70. The molecule has 2 aromatic heterocycles. The summed E-state index contributed by atoms with van der Waals surface area (Å²) >= 11 is 0. The second-order valence-electron chi connectivity index (χ2n) is 7.64. The molecular weight excluding hydrogens is 358 g/mol. The number of aromatic nitrogens is 4. The van der Waals surface area contributed by atoms with Gasteiger partial charge in [-0.1, -0.05) is 30.3 Å². The summed E-state index contributed by atoms with van der Waals surface area (Å²) in [6, 6.07) is 18.8. The molecule has 146 valence electrons. The quantitative estimate of drug-likeness (QED) is 0.528. The Morgan fingerprint density at radius 3 is 2.83 bits per heavy atom. The topological polar surface area (TPSA) is 47.7 Å². The molecule has 5 heteroatoms. The first-order valence-corrected chi connectivity index (χ1v) is 10.3. The number of benzene rings is 2. The van der Waals surface area contributed by atoms with Gasteiger partial charge in [0.1, 0.15) is 5.82 Å². The highest BCUT2D eigenvalue weighted by molar-refractivity contribution is 5.63. The van der Waals surface area contributed by atoms with E-state index in [0.717, 1.165) is 42.4 Å². The third kappa shape index (κ3) is 3.56. The van der Waals surface area contributed by atoms with Gasteiger partial charge in [0.25, 0.3) is 0 Å². The molecule has 0 atom stereocenters. The summed E-state index contributed by atoms with van der Waals surface area (Å²) in [6.45, 7) is 3.87. The molecule has 5 nitrogen and oxygen atoms in total. The van der Waals surface area contributed by atoms with Gasteiger partial charge in [-0.3, -0.25) is 0 Å². The molecule has 3 heterocycles. The number of hydrogen-bond donors (Lipinski definition) is 1. The van der Waals surface area contributed by atoms with E-state index >= 15 is 0 Å². The Morgan fingerprint density at radius 2 is 1.93 bits per heavy atom. The lowest BCUT2D eigenvalue weighted by molar-refractivity contribution is 0.536. The molecule has 4 aromatic rings. The lowest BCUT2D eigenvalue weighted by Gasteiger charge is -2.17. The second kappa shape index (κ2) is 7.59. The summed E-state index contributed by atoms with van der Waals surface area (Å²) in [5.74, 6) is 1.08. The minimum absolute atomic E-state index is 0.738. The molecule has 0 amide bonds. The van der Waals surface area contributed by atoms with Crippen molar-refractivity contribution in [2.75, 3.05) is 5.32 Å². The van der Waals surface area contributed by atoms with Crippen LogP contribution in [0.5, 0.6) is 0 Å². The molecule has 0 aliphatic carbocycles. The Labute approximate surface area is 171 Å². The van der Waals surface area contributed by atoms with Crippen molar-refractivity contribution in [3.8, 4) is 17.1 Å². The van der Waals surface area contributed by atoms with Crippen LogP contribution in [0.15, 0.2) is 67.0 Å². The van der Waals surface area contributed by atoms with E-state index in [1.807, 2.05) is 29.1 Å². The zero-order valence-electron chi connectivity index (χ0n) is 16.7. The summed E-state index contributed by atoms with van der Waals surface area (Å²) < 4.78 is 4.32. The molecule has 0 unspecified atom stereocenters. The lowest BCUT2D eigenvalue weighted by Crippen LogP contribution is -2.10. The van der Waals surface area contributed by atoms with Crippen LogP contribution in [0.4, 0.5) is 5.69 Å². The molecule has 0 fully saturated rings. The van der Waals surface area contributed by atoms with Gasteiger partial charge in [0.05, 0.1) is 11.4 Å². The number of nitrogens with one attached hydrogen (secondary N) is 1. The fraction of sp³-hybridized carbons (Fsp3) is 0.250. The summed E-state index contributed by atoms with van der Waals surface area (Å²) in [6.07, 6.45) is 7.78. The lowest BCUT2D eigenvalue weighted by atomic mass is 10.1. The van der Waals surface area contributed by atoms with Crippen molar-refractivity contribution in [3.05, 3.63) is 83.9 Å². The fourth-order valence-electron chi connectivity index (χ4n) is 4.01. The molecule has 2 aromatic carbocycles. The van der Waals surface area contributed by atoms with Crippen molar-refractivity contribution in [3.63, 3.8) is 0 Å². The molecule has 1 aliphatic heterocycles. The molecule has 1 aliphatic rings. The fourth-order valence-corrected chi connectivity index (χ4v) is 4.01. The van der Waals surface area contributed by atoms with Crippen LogP contribution >= 0.6 is 0 Å². The largest absolute Gasteiger partial charge is 0.381 e. The van der Waals surface area contributed by atoms with Crippen molar-refractivity contribution >= 4 is 5.69 Å². The Hall–Kier alpha value is -3.34. The van der Waals surface area contributed by atoms with Gasteiger partial charge in [-0.2, -0.15) is 5.10 Å². The van der Waals surface area contributed by atoms with E-state index in [0.29, 0.717) is 0 Å². The number of para-hydroxylation sites is 1. The molecule has 29 heavy (non-hydrogen) atoms. The molecule has 0 saturated carbocycles. The number of aryl methyl sites for hydroxylation is 2. The maximum atomic E-state index is 4.70. The third-order valence-corrected chi connectivity index (χ3v) is 5.63. The van der Waals surface area contributed by atoms with Gasteiger partial charge in [-0.05, 0) is 50.5 Å². The second-order valence-corrected chi connectivity index (χ2v) is 7.64. The SMILES string of the molecule is Cc1nn(-c2ccccc2)cc1CNc1cccc(-c2ncc3n2CCCC3)c1. The number of imidazole rings is 1. The maximum Gasteiger partial charge on any atom is 0.140 e. The van der Waals surface area contributed by atoms with Gasteiger partial charge in [-0.15, -0.1) is 0 Å². The van der Waals surface area contributed by atoms with Crippen LogP contribution in [-0.2, 0) is 19.5 Å². The summed E-state index contributed by atoms with van der Waals surface area (Å²) in [4.78, 5) is 4.70. The van der Waals surface area contributed by atoms with Crippen LogP contribution in [0.3, 0.4) is 0 Å². The van der Waals surface area contributed by atoms with Crippen LogP contribution in [0.1, 0.15) is 29.8 Å². The van der Waals surface area contributed by atoms with Crippen molar-refractivity contribution in [1.29, 1.82) is 0 Å². The Balaban J connectivity index is 1.34. The highest BCUT2D eigenvalue weighted by Gasteiger charge is 2.15. The highest BCUT2D eigenvalue weighted by atomic mass is 15.3. The average Bonchev–Trinajstić information content (AvgIpc) is 3.37. The average molecular weight is 383 g/mol. The molecule has 0 radical (unpaired) electrons. The van der Waals surface area contributed by atoms with Crippen molar-refractivity contribution < 1.29 is 0 Å². The number of nitrogens with zero attached hydrogens (tertiary/aromatic N) is 4. The number of hydrogen-bond acceptors (Lipinski definition) is 3. The molecule has 5 rings (SSSR count). The van der Waals surface area contributed by atoms with Crippen molar-refractivity contribution in [2.24, 2.45) is 0 Å². The van der Waals surface area contributed by atoms with E-state index < -0.39 is 0 Å². The highest BCUT2D eigenvalue weighted by Crippen LogP contribution is 2.26. The van der Waals surface area contributed by atoms with Gasteiger partial charge in [0, 0.05) is 48.0 Å². The monoisotopic (exact) mass is 383 g/mol. The van der Waals surface area contributed by atoms with Gasteiger partial charge in [-0.25, -0.2) is 9.67 Å². The normalized spacial score (nSPS) is 13.3. The predicted molar refractivity (Wildman–Crippen MR) is 116 cm³/mol. The summed E-state index contributed by atoms with van der Waals surface area (Å²) in [7, 11) is 0. The first-order valence-electron chi connectivity index (χ1n) is 10.3. The molecule has 0 spiro atoms. The summed E-state index contributed by atoms with van der Waals surface area (Å²) in [5, 5.41) is 8.22. The van der Waals surface area contributed by atoms with E-state index in [1.165, 1.54) is 29.7 Å². The van der Waals surface area contributed by atoms with Crippen LogP contribution in [0, 0.1) is 6.92 Å². The third-order valence-electron chi connectivity index (χ3n) is 5.63. The van der Waals surface area contributed by atoms with Gasteiger partial charge in [0.2, 0.25) is 0 Å². The summed E-state index contributed by atoms with van der Waals surface area (Å²) in [5.41, 5.74) is 6.93. The first kappa shape index (κ1) is 17.7. The van der Waals surface area contributed by atoms with E-state index in [9.17, 15) is 0 Å². The van der Waals surface area contributed by atoms with E-state index in [4.69, 9.17) is 4.98 Å².